The van der Waals surface area contributed by atoms with Gasteiger partial charge in [0.05, 0.1) is 47.7 Å². The van der Waals surface area contributed by atoms with E-state index in [1.165, 1.54) is 55.7 Å². The number of carbonyl (C=O) groups excluding carboxylic acids is 2. The van der Waals surface area contributed by atoms with Crippen molar-refractivity contribution in [2.45, 2.75) is 12.1 Å². The lowest BCUT2D eigenvalue weighted by molar-refractivity contribution is -0.385. The number of para-hydroxylation sites is 1. The molecule has 2 aliphatic rings. The number of methoxy groups -OCH3 is 2. The van der Waals surface area contributed by atoms with Crippen LogP contribution in [0.15, 0.2) is 66.7 Å². The quantitative estimate of drug-likeness (QED) is 0.280. The fraction of sp³-hybridized carbons (Fsp3) is 0.192. The van der Waals surface area contributed by atoms with Crippen LogP contribution < -0.4 is 19.4 Å². The van der Waals surface area contributed by atoms with Crippen molar-refractivity contribution in [1.29, 1.82) is 0 Å². The number of fused-ring (bicyclic) bond motifs is 1. The number of carboxylic acid groups (broad SMARTS) is 1. The molecule has 0 aliphatic carbocycles. The summed E-state index contributed by atoms with van der Waals surface area (Å²) in [6, 6.07) is 15.4. The molecule has 3 atom stereocenters. The molecule has 2 aliphatic heterocycles. The summed E-state index contributed by atoms with van der Waals surface area (Å²) in [4.78, 5) is 57.0. The molecule has 0 saturated carbocycles. The zero-order valence-electron chi connectivity index (χ0n) is 20.1. The minimum atomic E-state index is -1.28. The molecule has 0 unspecified atom stereocenters. The number of hydrogen-bond acceptors (Lipinski definition) is 9. The topological polar surface area (TPSA) is 149 Å². The number of nitrogens with zero attached hydrogens (tertiary/aromatic N) is 3. The first-order valence-corrected chi connectivity index (χ1v) is 11.4. The molecule has 0 radical (unpaired) electrons. The molecule has 194 valence electrons. The zero-order chi connectivity index (χ0) is 27.1. The lowest BCUT2D eigenvalue weighted by Crippen LogP contribution is -2.37. The van der Waals surface area contributed by atoms with Crippen LogP contribution >= 0.6 is 0 Å². The predicted molar refractivity (Wildman–Crippen MR) is 132 cm³/mol. The molecule has 12 heteroatoms. The van der Waals surface area contributed by atoms with Crippen LogP contribution in [0.3, 0.4) is 0 Å². The van der Waals surface area contributed by atoms with Crippen LogP contribution in [0.1, 0.15) is 22.0 Å². The number of aromatic carboxylic acids is 1. The van der Waals surface area contributed by atoms with E-state index in [9.17, 15) is 29.6 Å². The molecule has 2 fully saturated rings. The van der Waals surface area contributed by atoms with Gasteiger partial charge in [0.2, 0.25) is 5.91 Å². The molecular weight excluding hydrogens is 498 g/mol. The second-order valence-corrected chi connectivity index (χ2v) is 8.55. The van der Waals surface area contributed by atoms with Crippen molar-refractivity contribution in [3.63, 3.8) is 0 Å². The third-order valence-electron chi connectivity index (χ3n) is 6.55. The second kappa shape index (κ2) is 9.48. The average molecular weight is 519 g/mol. The van der Waals surface area contributed by atoms with E-state index >= 15 is 0 Å². The first kappa shape index (κ1) is 24.7. The molecule has 12 nitrogen and oxygen atoms in total. The maximum absolute atomic E-state index is 13.8. The highest BCUT2D eigenvalue weighted by molar-refractivity contribution is 6.24. The first-order chi connectivity index (χ1) is 18.3. The average Bonchev–Trinajstić information content (AvgIpc) is 3.43. The van der Waals surface area contributed by atoms with Crippen molar-refractivity contribution in [2.24, 2.45) is 5.92 Å². The van der Waals surface area contributed by atoms with Crippen LogP contribution in [-0.2, 0) is 14.4 Å². The summed E-state index contributed by atoms with van der Waals surface area (Å²) >= 11 is 0. The number of nitro groups is 1. The maximum Gasteiger partial charge on any atom is 0.335 e. The monoisotopic (exact) mass is 519 g/mol. The summed E-state index contributed by atoms with van der Waals surface area (Å²) in [5.41, 5.74) is 0.373. The summed E-state index contributed by atoms with van der Waals surface area (Å²) in [6.45, 7) is 0. The van der Waals surface area contributed by atoms with Crippen LogP contribution in [0.2, 0.25) is 0 Å². The number of benzene rings is 3. The summed E-state index contributed by atoms with van der Waals surface area (Å²) in [5.74, 6) is -3.31. The number of rotatable bonds is 7. The number of amides is 2. The van der Waals surface area contributed by atoms with Gasteiger partial charge in [0.15, 0.2) is 17.6 Å². The molecule has 1 N–H and O–H groups in total. The van der Waals surface area contributed by atoms with E-state index in [1.54, 1.807) is 30.3 Å². The number of hydroxylamine groups is 1. The number of ether oxygens (including phenoxy) is 2. The number of nitro benzene ring substituents is 1. The molecule has 3 aromatic carbocycles. The summed E-state index contributed by atoms with van der Waals surface area (Å²) < 4.78 is 10.6. The van der Waals surface area contributed by atoms with E-state index in [2.05, 4.69) is 0 Å². The molecule has 2 saturated heterocycles. The molecule has 2 heterocycles. The second-order valence-electron chi connectivity index (χ2n) is 8.55. The van der Waals surface area contributed by atoms with Gasteiger partial charge in [-0.2, -0.15) is 0 Å². The SMILES string of the molecule is COc1cc([C@H]2[C@@H]3C(=O)N(c4ccc(C(=O)O)cc4)C(=O)[C@H]3ON2c2ccccc2)c([N+](=O)[O-])cc1OC. The van der Waals surface area contributed by atoms with Gasteiger partial charge in [-0.3, -0.25) is 24.5 Å². The third kappa shape index (κ3) is 3.87. The van der Waals surface area contributed by atoms with Crippen molar-refractivity contribution in [1.82, 2.24) is 0 Å². The summed E-state index contributed by atoms with van der Waals surface area (Å²) in [7, 11) is 2.72. The summed E-state index contributed by atoms with van der Waals surface area (Å²) in [6.07, 6.45) is -1.28. The van der Waals surface area contributed by atoms with E-state index in [0.29, 0.717) is 5.69 Å². The van der Waals surface area contributed by atoms with Gasteiger partial charge in [-0.1, -0.05) is 18.2 Å². The maximum atomic E-state index is 13.8. The Morgan fingerprint density at radius 3 is 2.16 bits per heavy atom. The Labute approximate surface area is 215 Å². The van der Waals surface area contributed by atoms with Gasteiger partial charge in [0, 0.05) is 0 Å². The number of anilines is 2. The van der Waals surface area contributed by atoms with Gasteiger partial charge in [0.25, 0.3) is 11.6 Å². The molecule has 2 amide bonds. The van der Waals surface area contributed by atoms with Gasteiger partial charge in [0.1, 0.15) is 12.0 Å². The van der Waals surface area contributed by atoms with Gasteiger partial charge < -0.3 is 14.6 Å². The number of hydrogen-bond donors (Lipinski definition) is 1. The van der Waals surface area contributed by atoms with Crippen molar-refractivity contribution < 1.29 is 38.7 Å². The van der Waals surface area contributed by atoms with Crippen molar-refractivity contribution in [2.75, 3.05) is 24.2 Å². The van der Waals surface area contributed by atoms with E-state index in [-0.39, 0.29) is 34.0 Å². The molecule has 0 aromatic heterocycles. The smallest absolute Gasteiger partial charge is 0.335 e. The van der Waals surface area contributed by atoms with Crippen molar-refractivity contribution in [3.8, 4) is 11.5 Å². The number of carbonyl (C=O) groups is 3. The van der Waals surface area contributed by atoms with Crippen LogP contribution in [0, 0.1) is 16.0 Å². The van der Waals surface area contributed by atoms with Crippen LogP contribution in [0.4, 0.5) is 17.1 Å². The third-order valence-corrected chi connectivity index (χ3v) is 6.55. The van der Waals surface area contributed by atoms with E-state index in [0.717, 1.165) is 4.90 Å². The van der Waals surface area contributed by atoms with Crippen molar-refractivity contribution in [3.05, 3.63) is 88.0 Å². The summed E-state index contributed by atoms with van der Waals surface area (Å²) in [5, 5.41) is 22.7. The molecule has 0 spiro atoms. The number of carboxylic acids is 1. The highest BCUT2D eigenvalue weighted by atomic mass is 16.7. The zero-order valence-corrected chi connectivity index (χ0v) is 20.1. The van der Waals surface area contributed by atoms with E-state index in [1.807, 2.05) is 0 Å². The molecular formula is C26H21N3O9. The fourth-order valence-electron chi connectivity index (χ4n) is 4.82. The largest absolute Gasteiger partial charge is 0.493 e. The normalized spacial score (nSPS) is 20.4. The van der Waals surface area contributed by atoms with Gasteiger partial charge in [-0.25, -0.2) is 14.8 Å². The minimum absolute atomic E-state index is 0.0154. The van der Waals surface area contributed by atoms with Gasteiger partial charge in [-0.05, 0) is 42.5 Å². The number of imide groups is 1. The Hall–Kier alpha value is -4.97. The van der Waals surface area contributed by atoms with E-state index in [4.69, 9.17) is 14.3 Å². The minimum Gasteiger partial charge on any atom is -0.493 e. The molecule has 5 rings (SSSR count). The molecule has 0 bridgehead atoms. The van der Waals surface area contributed by atoms with Crippen LogP contribution in [0.5, 0.6) is 11.5 Å². The Morgan fingerprint density at radius 2 is 1.58 bits per heavy atom. The Kier molecular flexibility index (Phi) is 6.17. The van der Waals surface area contributed by atoms with Crippen LogP contribution in [-0.4, -0.2) is 48.1 Å². The Morgan fingerprint density at radius 1 is 0.947 bits per heavy atom. The molecule has 3 aromatic rings. The lowest BCUT2D eigenvalue weighted by Gasteiger charge is -2.29. The van der Waals surface area contributed by atoms with Crippen LogP contribution in [0.25, 0.3) is 0 Å². The predicted octanol–water partition coefficient (Wildman–Crippen LogP) is 3.36. The van der Waals surface area contributed by atoms with E-state index < -0.39 is 40.8 Å². The first-order valence-electron chi connectivity index (χ1n) is 11.4. The Bertz CT molecular complexity index is 1440. The highest BCUT2D eigenvalue weighted by Crippen LogP contribution is 2.51. The van der Waals surface area contributed by atoms with Gasteiger partial charge in [-0.15, -0.1) is 0 Å². The van der Waals surface area contributed by atoms with Gasteiger partial charge >= 0.3 is 5.97 Å². The standard InChI is InChI=1S/C26H21N3O9/c1-36-19-12-17(18(29(34)35)13-20(19)37-2)22-21-23(38-28(22)16-6-4-3-5-7-16)25(31)27(24(21)30)15-10-8-14(9-11-15)26(32)33/h3-13,21-23H,1-2H3,(H,32,33)/t21-,22-,23-/m0/s1. The molecule has 38 heavy (non-hydrogen) atoms. The lowest BCUT2D eigenvalue weighted by atomic mass is 9.89. The Balaban J connectivity index is 1.65. The highest BCUT2D eigenvalue weighted by Gasteiger charge is 2.61. The van der Waals surface area contributed by atoms with Crippen molar-refractivity contribution >= 4 is 34.8 Å². The fourth-order valence-corrected chi connectivity index (χ4v) is 4.82.